The van der Waals surface area contributed by atoms with Crippen LogP contribution in [0.15, 0.2) is 48.8 Å². The van der Waals surface area contributed by atoms with Crippen LogP contribution in [0.1, 0.15) is 31.2 Å². The van der Waals surface area contributed by atoms with Gasteiger partial charge in [-0.1, -0.05) is 30.3 Å². The molecule has 2 aromatic rings. The monoisotopic (exact) mass is 431 g/mol. The lowest BCUT2D eigenvalue weighted by Gasteiger charge is -2.19. The van der Waals surface area contributed by atoms with E-state index in [1.54, 1.807) is 0 Å². The molecule has 0 bridgehead atoms. The van der Waals surface area contributed by atoms with E-state index in [4.69, 9.17) is 9.47 Å². The van der Waals surface area contributed by atoms with E-state index in [2.05, 4.69) is 51.6 Å². The lowest BCUT2D eigenvalue weighted by Crippen LogP contribution is -2.28. The summed E-state index contributed by atoms with van der Waals surface area (Å²) >= 11 is 0. The van der Waals surface area contributed by atoms with Gasteiger partial charge in [0.15, 0.2) is 0 Å². The van der Waals surface area contributed by atoms with E-state index in [0.717, 1.165) is 63.7 Å². The van der Waals surface area contributed by atoms with Crippen molar-refractivity contribution in [3.63, 3.8) is 0 Å². The molecule has 1 aromatic heterocycles. The van der Waals surface area contributed by atoms with Crippen LogP contribution in [0.4, 0.5) is 5.69 Å². The molecule has 5 nitrogen and oxygen atoms in total. The van der Waals surface area contributed by atoms with Gasteiger partial charge in [0, 0.05) is 37.7 Å². The fourth-order valence-corrected chi connectivity index (χ4v) is 4.23. The molecule has 0 amide bonds. The van der Waals surface area contributed by atoms with Crippen LogP contribution in [0.5, 0.6) is 5.75 Å². The van der Waals surface area contributed by atoms with Crippen molar-refractivity contribution in [1.29, 1.82) is 0 Å². The van der Waals surface area contributed by atoms with Gasteiger partial charge in [-0.15, -0.1) is 12.4 Å². The van der Waals surface area contributed by atoms with Gasteiger partial charge in [-0.3, -0.25) is 4.98 Å². The van der Waals surface area contributed by atoms with Gasteiger partial charge in [-0.25, -0.2) is 0 Å². The van der Waals surface area contributed by atoms with Crippen molar-refractivity contribution in [2.75, 3.05) is 44.4 Å². The van der Waals surface area contributed by atoms with Gasteiger partial charge >= 0.3 is 0 Å². The molecule has 6 heteroatoms. The number of hydrogen-bond acceptors (Lipinski definition) is 5. The number of nitrogens with one attached hydrogen (secondary N) is 1. The molecule has 1 N–H and O–H groups in total. The minimum Gasteiger partial charge on any atom is -0.490 e. The van der Waals surface area contributed by atoms with Gasteiger partial charge in [0.2, 0.25) is 0 Å². The number of benzene rings is 1. The number of ether oxygens (including phenoxy) is 2. The number of pyridine rings is 1. The zero-order chi connectivity index (χ0) is 19.7. The molecule has 2 atom stereocenters. The Balaban J connectivity index is 0.00000256. The van der Waals surface area contributed by atoms with Gasteiger partial charge < -0.3 is 19.7 Å². The first kappa shape index (κ1) is 22.9. The van der Waals surface area contributed by atoms with Crippen molar-refractivity contribution in [2.45, 2.75) is 38.1 Å². The molecule has 1 aromatic carbocycles. The number of hydrogen-bond donors (Lipinski definition) is 1. The summed E-state index contributed by atoms with van der Waals surface area (Å²) in [6.07, 6.45) is 9.57. The lowest BCUT2D eigenvalue weighted by atomic mass is 10.1. The molecule has 0 unspecified atom stereocenters. The normalized spacial score (nSPS) is 20.9. The summed E-state index contributed by atoms with van der Waals surface area (Å²) in [7, 11) is 0. The summed E-state index contributed by atoms with van der Waals surface area (Å²) in [5.41, 5.74) is 2.55. The smallest absolute Gasteiger partial charge is 0.139 e. The third-order valence-corrected chi connectivity index (χ3v) is 5.91. The lowest BCUT2D eigenvalue weighted by molar-refractivity contribution is 0.104. The fourth-order valence-electron chi connectivity index (χ4n) is 4.23. The average Bonchev–Trinajstić information content (AvgIpc) is 3.45. The first-order valence-electron chi connectivity index (χ1n) is 11.0. The molecule has 3 heterocycles. The Hall–Kier alpha value is -1.82. The van der Waals surface area contributed by atoms with Crippen molar-refractivity contribution >= 4 is 18.1 Å². The summed E-state index contributed by atoms with van der Waals surface area (Å²) in [6, 6.07) is 13.2. The first-order chi connectivity index (χ1) is 14.4. The predicted molar refractivity (Wildman–Crippen MR) is 124 cm³/mol. The van der Waals surface area contributed by atoms with Crippen molar-refractivity contribution in [3.05, 3.63) is 54.4 Å². The van der Waals surface area contributed by atoms with Gasteiger partial charge in [-0.2, -0.15) is 0 Å². The maximum absolute atomic E-state index is 5.97. The maximum atomic E-state index is 5.97. The Kier molecular flexibility index (Phi) is 9.25. The Morgan fingerprint density at radius 1 is 1.10 bits per heavy atom. The summed E-state index contributed by atoms with van der Waals surface area (Å²) in [6.45, 7) is 5.62. The van der Waals surface area contributed by atoms with Gasteiger partial charge in [0.05, 0.1) is 24.7 Å². The number of aromatic nitrogens is 1. The zero-order valence-corrected chi connectivity index (χ0v) is 18.5. The second-order valence-corrected chi connectivity index (χ2v) is 8.25. The summed E-state index contributed by atoms with van der Waals surface area (Å²) < 4.78 is 11.9. The molecular weight excluding hydrogens is 398 g/mol. The third-order valence-electron chi connectivity index (χ3n) is 5.91. The topological polar surface area (TPSA) is 46.6 Å². The van der Waals surface area contributed by atoms with Crippen LogP contribution in [0, 0.1) is 5.92 Å². The van der Waals surface area contributed by atoms with Crippen molar-refractivity contribution < 1.29 is 9.47 Å². The molecule has 164 valence electrons. The largest absolute Gasteiger partial charge is 0.490 e. The summed E-state index contributed by atoms with van der Waals surface area (Å²) in [5.74, 6) is 1.47. The number of nitrogens with zero attached hydrogens (tertiary/aromatic N) is 2. The summed E-state index contributed by atoms with van der Waals surface area (Å²) in [4.78, 5) is 6.80. The molecule has 2 saturated heterocycles. The fraction of sp³-hybridized carbons (Fsp3) is 0.542. The molecule has 2 aliphatic rings. The Morgan fingerprint density at radius 3 is 2.83 bits per heavy atom. The SMILES string of the molecule is Cl.c1ccc(CCCOC[C@@H]2CCN(c3cncc(OC[C@@H]4CCCN4)c3)C2)cc1. The Morgan fingerprint density at radius 2 is 2.00 bits per heavy atom. The van der Waals surface area contributed by atoms with Crippen LogP contribution in [0.25, 0.3) is 0 Å². The van der Waals surface area contributed by atoms with Crippen LogP contribution in [0.3, 0.4) is 0 Å². The van der Waals surface area contributed by atoms with Crippen LogP contribution in [-0.2, 0) is 11.2 Å². The van der Waals surface area contributed by atoms with E-state index in [1.807, 2.05) is 12.4 Å². The Labute approximate surface area is 186 Å². The minimum atomic E-state index is 0. The molecule has 0 radical (unpaired) electrons. The number of anilines is 1. The van der Waals surface area contributed by atoms with Gasteiger partial charge in [0.1, 0.15) is 12.4 Å². The van der Waals surface area contributed by atoms with Crippen molar-refractivity contribution in [3.8, 4) is 5.75 Å². The van der Waals surface area contributed by atoms with E-state index < -0.39 is 0 Å². The number of rotatable bonds is 10. The maximum Gasteiger partial charge on any atom is 0.139 e. The van der Waals surface area contributed by atoms with Gasteiger partial charge in [-0.05, 0) is 44.2 Å². The number of halogens is 1. The Bertz CT molecular complexity index is 740. The standard InChI is InChI=1S/C24H33N3O2.ClH/c1-2-6-20(7-3-1)8-5-13-28-18-21-10-12-27(17-21)23-14-24(16-25-15-23)29-19-22-9-4-11-26-22;/h1-3,6-7,14-16,21-22,26H,4-5,8-13,17-19H2;1H/t21-,22+;/m1./s1. The predicted octanol–water partition coefficient (Wildman–Crippen LogP) is 4.11. The highest BCUT2D eigenvalue weighted by atomic mass is 35.5. The second-order valence-electron chi connectivity index (χ2n) is 8.25. The summed E-state index contributed by atoms with van der Waals surface area (Å²) in [5, 5.41) is 3.47. The van der Waals surface area contributed by atoms with Crippen LogP contribution in [-0.4, -0.2) is 50.5 Å². The highest BCUT2D eigenvalue weighted by molar-refractivity contribution is 5.85. The van der Waals surface area contributed by atoms with Crippen LogP contribution >= 0.6 is 12.4 Å². The molecule has 0 spiro atoms. The second kappa shape index (κ2) is 12.1. The number of aryl methyl sites for hydroxylation is 1. The molecular formula is C24H34ClN3O2. The van der Waals surface area contributed by atoms with Crippen molar-refractivity contribution in [2.24, 2.45) is 5.92 Å². The highest BCUT2D eigenvalue weighted by Crippen LogP contribution is 2.26. The van der Waals surface area contributed by atoms with Gasteiger partial charge in [0.25, 0.3) is 0 Å². The van der Waals surface area contributed by atoms with E-state index in [0.29, 0.717) is 12.0 Å². The van der Waals surface area contributed by atoms with Crippen molar-refractivity contribution in [1.82, 2.24) is 10.3 Å². The zero-order valence-electron chi connectivity index (χ0n) is 17.7. The van der Waals surface area contributed by atoms with E-state index in [1.165, 1.54) is 24.8 Å². The molecule has 0 aliphatic carbocycles. The minimum absolute atomic E-state index is 0. The van der Waals surface area contributed by atoms with Crippen LogP contribution in [0.2, 0.25) is 0 Å². The first-order valence-corrected chi connectivity index (χ1v) is 11.0. The molecule has 2 aliphatic heterocycles. The highest BCUT2D eigenvalue weighted by Gasteiger charge is 2.23. The quantitative estimate of drug-likeness (QED) is 0.573. The molecule has 2 fully saturated rings. The van der Waals surface area contributed by atoms with Crippen LogP contribution < -0.4 is 15.0 Å². The molecule has 30 heavy (non-hydrogen) atoms. The molecule has 4 rings (SSSR count). The molecule has 0 saturated carbocycles. The van der Waals surface area contributed by atoms with E-state index in [-0.39, 0.29) is 12.4 Å². The third kappa shape index (κ3) is 6.86. The average molecular weight is 432 g/mol. The van der Waals surface area contributed by atoms with E-state index >= 15 is 0 Å². The van der Waals surface area contributed by atoms with E-state index in [9.17, 15) is 0 Å².